The summed E-state index contributed by atoms with van der Waals surface area (Å²) >= 11 is 0. The van der Waals surface area contributed by atoms with Crippen LogP contribution in [-0.4, -0.2) is 37.2 Å². The first-order valence-corrected chi connectivity index (χ1v) is 29.7. The van der Waals surface area contributed by atoms with Crippen LogP contribution < -0.4 is 0 Å². The number of unbranched alkanes of at least 4 members (excludes halogenated alkanes) is 39. The standard InChI is InChI=1S/C60H116O6/c1-6-7-8-9-10-11-12-13-15-19-25-30-35-40-45-50-58(61)64-53-57(66-60(63)52-47-42-37-32-27-22-21-24-29-34-39-44-49-56(4)5)54-65-59(62)51-46-41-36-31-26-20-17-14-16-18-23-28-33-38-43-48-55(2)3/h55-57H,6-54H2,1-5H3/t57-/m1/s1. The van der Waals surface area contributed by atoms with Crippen molar-refractivity contribution in [1.82, 2.24) is 0 Å². The summed E-state index contributed by atoms with van der Waals surface area (Å²) in [5.41, 5.74) is 0. The summed E-state index contributed by atoms with van der Waals surface area (Å²) in [4.78, 5) is 38.2. The minimum atomic E-state index is -0.763. The topological polar surface area (TPSA) is 78.9 Å². The van der Waals surface area contributed by atoms with Gasteiger partial charge < -0.3 is 14.2 Å². The van der Waals surface area contributed by atoms with Crippen molar-refractivity contribution >= 4 is 17.9 Å². The van der Waals surface area contributed by atoms with Crippen molar-refractivity contribution in [2.75, 3.05) is 13.2 Å². The van der Waals surface area contributed by atoms with Gasteiger partial charge in [-0.1, -0.05) is 298 Å². The summed E-state index contributed by atoms with van der Waals surface area (Å²) in [6, 6.07) is 0. The van der Waals surface area contributed by atoms with Gasteiger partial charge in [0.25, 0.3) is 0 Å². The van der Waals surface area contributed by atoms with E-state index in [1.54, 1.807) is 0 Å². The zero-order valence-electron chi connectivity index (χ0n) is 45.3. The fraction of sp³-hybridized carbons (Fsp3) is 0.950. The normalized spacial score (nSPS) is 12.0. The lowest BCUT2D eigenvalue weighted by atomic mass is 10.0. The Bertz CT molecular complexity index is 1010. The average Bonchev–Trinajstić information content (AvgIpc) is 3.29. The monoisotopic (exact) mass is 933 g/mol. The molecule has 0 amide bonds. The van der Waals surface area contributed by atoms with E-state index in [-0.39, 0.29) is 31.1 Å². The van der Waals surface area contributed by atoms with Crippen LogP contribution >= 0.6 is 0 Å². The lowest BCUT2D eigenvalue weighted by Crippen LogP contribution is -2.30. The molecule has 66 heavy (non-hydrogen) atoms. The van der Waals surface area contributed by atoms with Gasteiger partial charge in [0, 0.05) is 19.3 Å². The predicted octanol–water partition coefficient (Wildman–Crippen LogP) is 19.7. The zero-order chi connectivity index (χ0) is 48.2. The molecule has 0 fully saturated rings. The molecule has 0 aliphatic rings. The molecule has 0 saturated heterocycles. The lowest BCUT2D eigenvalue weighted by Gasteiger charge is -2.18. The smallest absolute Gasteiger partial charge is 0.306 e. The third-order valence-electron chi connectivity index (χ3n) is 13.7. The second kappa shape index (κ2) is 52.8. The maximum absolute atomic E-state index is 12.9. The van der Waals surface area contributed by atoms with Gasteiger partial charge in [-0.2, -0.15) is 0 Å². The van der Waals surface area contributed by atoms with Crippen LogP contribution in [0.2, 0.25) is 0 Å². The van der Waals surface area contributed by atoms with Gasteiger partial charge >= 0.3 is 17.9 Å². The van der Waals surface area contributed by atoms with Gasteiger partial charge in [-0.3, -0.25) is 14.4 Å². The van der Waals surface area contributed by atoms with Crippen LogP contribution in [0.5, 0.6) is 0 Å². The van der Waals surface area contributed by atoms with E-state index in [0.717, 1.165) is 69.6 Å². The highest BCUT2D eigenvalue weighted by Gasteiger charge is 2.19. The summed E-state index contributed by atoms with van der Waals surface area (Å²) in [7, 11) is 0. The Labute approximate surface area is 412 Å². The van der Waals surface area contributed by atoms with Gasteiger partial charge in [-0.15, -0.1) is 0 Å². The van der Waals surface area contributed by atoms with E-state index < -0.39 is 6.10 Å². The van der Waals surface area contributed by atoms with Crippen molar-refractivity contribution in [3.05, 3.63) is 0 Å². The highest BCUT2D eigenvalue weighted by atomic mass is 16.6. The van der Waals surface area contributed by atoms with Crippen LogP contribution in [0.25, 0.3) is 0 Å². The largest absolute Gasteiger partial charge is 0.462 e. The fourth-order valence-electron chi connectivity index (χ4n) is 9.23. The molecular weight excluding hydrogens is 817 g/mol. The second-order valence-electron chi connectivity index (χ2n) is 21.6. The molecule has 0 aromatic carbocycles. The number of esters is 3. The van der Waals surface area contributed by atoms with Crippen molar-refractivity contribution in [3.8, 4) is 0 Å². The first-order chi connectivity index (χ1) is 32.2. The van der Waals surface area contributed by atoms with E-state index in [0.29, 0.717) is 19.3 Å². The zero-order valence-corrected chi connectivity index (χ0v) is 45.3. The molecule has 0 aromatic heterocycles. The molecule has 392 valence electrons. The van der Waals surface area contributed by atoms with E-state index in [1.165, 1.54) is 225 Å². The molecule has 0 rings (SSSR count). The number of rotatable bonds is 54. The Hall–Kier alpha value is -1.59. The van der Waals surface area contributed by atoms with E-state index in [1.807, 2.05) is 0 Å². The highest BCUT2D eigenvalue weighted by Crippen LogP contribution is 2.18. The molecule has 0 aliphatic carbocycles. The molecule has 6 heteroatoms. The van der Waals surface area contributed by atoms with Crippen molar-refractivity contribution in [2.45, 2.75) is 343 Å². The molecule has 6 nitrogen and oxygen atoms in total. The molecule has 0 aromatic rings. The van der Waals surface area contributed by atoms with Crippen LogP contribution in [0.1, 0.15) is 336 Å². The molecule has 1 atom stereocenters. The SMILES string of the molecule is CCCCCCCCCCCCCCCCCC(=O)OC[C@H](COC(=O)CCCCCCCCCCCCCCCCCC(C)C)OC(=O)CCCCCCCCCCCCCCC(C)C. The van der Waals surface area contributed by atoms with Crippen LogP contribution in [0, 0.1) is 11.8 Å². The average molecular weight is 934 g/mol. The quantitative estimate of drug-likeness (QED) is 0.0343. The first kappa shape index (κ1) is 64.4. The van der Waals surface area contributed by atoms with Gasteiger partial charge in [-0.25, -0.2) is 0 Å². The molecular formula is C60H116O6. The van der Waals surface area contributed by atoms with Gasteiger partial charge in [0.1, 0.15) is 13.2 Å². The molecule has 0 N–H and O–H groups in total. The number of carbonyl (C=O) groups is 3. The first-order valence-electron chi connectivity index (χ1n) is 29.7. The minimum Gasteiger partial charge on any atom is -0.462 e. The second-order valence-corrected chi connectivity index (χ2v) is 21.6. The summed E-state index contributed by atoms with van der Waals surface area (Å²) in [6.45, 7) is 11.4. The summed E-state index contributed by atoms with van der Waals surface area (Å²) < 4.78 is 16.9. The van der Waals surface area contributed by atoms with Gasteiger partial charge in [0.05, 0.1) is 0 Å². The summed E-state index contributed by atoms with van der Waals surface area (Å²) in [5, 5.41) is 0. The Balaban J connectivity index is 4.29. The number of hydrogen-bond acceptors (Lipinski definition) is 6. The van der Waals surface area contributed by atoms with Crippen molar-refractivity contribution in [2.24, 2.45) is 11.8 Å². The Kier molecular flexibility index (Phi) is 51.5. The van der Waals surface area contributed by atoms with Crippen LogP contribution in [0.4, 0.5) is 0 Å². The van der Waals surface area contributed by atoms with E-state index in [2.05, 4.69) is 34.6 Å². The van der Waals surface area contributed by atoms with Crippen molar-refractivity contribution in [1.29, 1.82) is 0 Å². The lowest BCUT2D eigenvalue weighted by molar-refractivity contribution is -0.167. The fourth-order valence-corrected chi connectivity index (χ4v) is 9.23. The molecule has 0 spiro atoms. The predicted molar refractivity (Wildman–Crippen MR) is 284 cm³/mol. The molecule has 0 bridgehead atoms. The number of carbonyl (C=O) groups excluding carboxylic acids is 3. The maximum atomic E-state index is 12.9. The van der Waals surface area contributed by atoms with Gasteiger partial charge in [-0.05, 0) is 31.1 Å². The summed E-state index contributed by atoms with van der Waals surface area (Å²) in [5.74, 6) is 0.845. The number of hydrogen-bond donors (Lipinski definition) is 0. The summed E-state index contributed by atoms with van der Waals surface area (Å²) in [6.07, 6.45) is 56.6. The molecule has 0 heterocycles. The van der Waals surface area contributed by atoms with Crippen LogP contribution in [0.3, 0.4) is 0 Å². The molecule has 0 aliphatic heterocycles. The Morgan fingerprint density at radius 1 is 0.288 bits per heavy atom. The van der Waals surface area contributed by atoms with E-state index >= 15 is 0 Å². The molecule has 0 saturated carbocycles. The Morgan fingerprint density at radius 2 is 0.500 bits per heavy atom. The molecule has 0 unspecified atom stereocenters. The van der Waals surface area contributed by atoms with Crippen LogP contribution in [-0.2, 0) is 28.6 Å². The number of ether oxygens (including phenoxy) is 3. The minimum absolute atomic E-state index is 0.0624. The third kappa shape index (κ3) is 53.4. The van der Waals surface area contributed by atoms with E-state index in [9.17, 15) is 14.4 Å². The molecule has 0 radical (unpaired) electrons. The van der Waals surface area contributed by atoms with Crippen molar-refractivity contribution < 1.29 is 28.6 Å². The van der Waals surface area contributed by atoms with E-state index in [4.69, 9.17) is 14.2 Å². The Morgan fingerprint density at radius 3 is 0.742 bits per heavy atom. The van der Waals surface area contributed by atoms with Crippen LogP contribution in [0.15, 0.2) is 0 Å². The maximum Gasteiger partial charge on any atom is 0.306 e. The van der Waals surface area contributed by atoms with Gasteiger partial charge in [0.15, 0.2) is 6.10 Å². The van der Waals surface area contributed by atoms with Crippen molar-refractivity contribution in [3.63, 3.8) is 0 Å². The highest BCUT2D eigenvalue weighted by molar-refractivity contribution is 5.71. The third-order valence-corrected chi connectivity index (χ3v) is 13.7. The van der Waals surface area contributed by atoms with Gasteiger partial charge in [0.2, 0.25) is 0 Å².